The summed E-state index contributed by atoms with van der Waals surface area (Å²) in [5, 5.41) is 0.716. The minimum atomic E-state index is -0.213. The summed E-state index contributed by atoms with van der Waals surface area (Å²) in [5.74, 6) is 0.510. The number of halogens is 2. The number of hydrogen-bond acceptors (Lipinski definition) is 2. The van der Waals surface area contributed by atoms with Crippen LogP contribution in [0.5, 0.6) is 5.75 Å². The highest BCUT2D eigenvalue weighted by molar-refractivity contribution is 6.31. The van der Waals surface area contributed by atoms with Crippen molar-refractivity contribution in [1.82, 2.24) is 0 Å². The van der Waals surface area contributed by atoms with Gasteiger partial charge in [-0.05, 0) is 55.3 Å². The zero-order valence-corrected chi connectivity index (χ0v) is 12.7. The van der Waals surface area contributed by atoms with Crippen LogP contribution in [-0.2, 0) is 0 Å². The molecule has 0 amide bonds. The lowest BCUT2D eigenvalue weighted by molar-refractivity contribution is 0.297. The van der Waals surface area contributed by atoms with Gasteiger partial charge in [0, 0.05) is 10.9 Å². The number of aryl methyl sites for hydroxylation is 1. The first-order valence-corrected chi connectivity index (χ1v) is 7.33. The largest absolute Gasteiger partial charge is 0.494 e. The van der Waals surface area contributed by atoms with E-state index in [1.54, 1.807) is 12.1 Å². The molecule has 2 aromatic carbocycles. The van der Waals surface area contributed by atoms with E-state index < -0.39 is 0 Å². The molecule has 0 heterocycles. The molecular formula is C17H19ClFNO. The standard InChI is InChI=1S/C17H19ClFNO/c1-12-10-14(6-7-16(12)18)21-9-8-13(11-20)15-4-2-3-5-17(15)19/h2-7,10,13H,8-9,11,20H2,1H3. The van der Waals surface area contributed by atoms with Gasteiger partial charge in [0.05, 0.1) is 6.61 Å². The van der Waals surface area contributed by atoms with E-state index >= 15 is 0 Å². The van der Waals surface area contributed by atoms with Gasteiger partial charge in [0.15, 0.2) is 0 Å². The summed E-state index contributed by atoms with van der Waals surface area (Å²) < 4.78 is 19.5. The van der Waals surface area contributed by atoms with Crippen molar-refractivity contribution in [3.05, 3.63) is 64.4 Å². The summed E-state index contributed by atoms with van der Waals surface area (Å²) in [5.41, 5.74) is 7.38. The second kappa shape index (κ2) is 7.43. The number of ether oxygens (including phenoxy) is 1. The molecule has 0 aromatic heterocycles. The number of nitrogens with two attached hydrogens (primary N) is 1. The van der Waals surface area contributed by atoms with E-state index in [1.807, 2.05) is 31.2 Å². The molecule has 21 heavy (non-hydrogen) atoms. The number of benzene rings is 2. The van der Waals surface area contributed by atoms with Crippen LogP contribution in [0, 0.1) is 12.7 Å². The van der Waals surface area contributed by atoms with Crippen LogP contribution >= 0.6 is 11.6 Å². The third kappa shape index (κ3) is 4.19. The maximum absolute atomic E-state index is 13.8. The molecule has 0 spiro atoms. The quantitative estimate of drug-likeness (QED) is 0.863. The smallest absolute Gasteiger partial charge is 0.126 e. The highest BCUT2D eigenvalue weighted by atomic mass is 35.5. The molecule has 2 aromatic rings. The predicted octanol–water partition coefficient (Wildman–Crippen LogP) is 4.30. The molecule has 2 rings (SSSR count). The van der Waals surface area contributed by atoms with Gasteiger partial charge in [-0.2, -0.15) is 0 Å². The highest BCUT2D eigenvalue weighted by Crippen LogP contribution is 2.24. The summed E-state index contributed by atoms with van der Waals surface area (Å²) in [6.45, 7) is 2.80. The lowest BCUT2D eigenvalue weighted by Gasteiger charge is -2.16. The second-order valence-electron chi connectivity index (χ2n) is 5.00. The van der Waals surface area contributed by atoms with E-state index in [4.69, 9.17) is 22.1 Å². The molecule has 0 aliphatic heterocycles. The van der Waals surface area contributed by atoms with Gasteiger partial charge in [-0.15, -0.1) is 0 Å². The summed E-state index contributed by atoms with van der Waals surface area (Å²) in [6.07, 6.45) is 0.666. The molecule has 0 bridgehead atoms. The third-order valence-corrected chi connectivity index (χ3v) is 3.92. The van der Waals surface area contributed by atoms with Gasteiger partial charge in [0.2, 0.25) is 0 Å². The lowest BCUT2D eigenvalue weighted by atomic mass is 9.96. The van der Waals surface area contributed by atoms with Crippen LogP contribution in [0.4, 0.5) is 4.39 Å². The molecule has 0 saturated heterocycles. The van der Waals surface area contributed by atoms with Gasteiger partial charge in [-0.25, -0.2) is 4.39 Å². The van der Waals surface area contributed by atoms with Crippen molar-refractivity contribution in [2.45, 2.75) is 19.3 Å². The molecule has 2 nitrogen and oxygen atoms in total. The van der Waals surface area contributed by atoms with Crippen molar-refractivity contribution in [1.29, 1.82) is 0 Å². The fourth-order valence-corrected chi connectivity index (χ4v) is 2.35. The predicted molar refractivity (Wildman–Crippen MR) is 84.5 cm³/mol. The van der Waals surface area contributed by atoms with Crippen molar-refractivity contribution < 1.29 is 9.13 Å². The Morgan fingerprint density at radius 3 is 2.67 bits per heavy atom. The van der Waals surface area contributed by atoms with Crippen molar-refractivity contribution in [2.24, 2.45) is 5.73 Å². The van der Waals surface area contributed by atoms with Crippen LogP contribution in [-0.4, -0.2) is 13.2 Å². The number of rotatable bonds is 6. The monoisotopic (exact) mass is 307 g/mol. The Bertz CT molecular complexity index is 603. The molecular weight excluding hydrogens is 289 g/mol. The summed E-state index contributed by atoms with van der Waals surface area (Å²) in [6, 6.07) is 12.3. The molecule has 0 aliphatic rings. The van der Waals surface area contributed by atoms with E-state index in [-0.39, 0.29) is 11.7 Å². The average molecular weight is 308 g/mol. The minimum Gasteiger partial charge on any atom is -0.494 e. The molecule has 4 heteroatoms. The van der Waals surface area contributed by atoms with Gasteiger partial charge < -0.3 is 10.5 Å². The molecule has 112 valence electrons. The molecule has 0 aliphatic carbocycles. The molecule has 1 unspecified atom stereocenters. The molecule has 0 fully saturated rings. The van der Waals surface area contributed by atoms with E-state index in [0.29, 0.717) is 30.2 Å². The zero-order valence-electron chi connectivity index (χ0n) is 12.0. The maximum Gasteiger partial charge on any atom is 0.126 e. The summed E-state index contributed by atoms with van der Waals surface area (Å²) >= 11 is 5.97. The van der Waals surface area contributed by atoms with Crippen molar-refractivity contribution in [3.8, 4) is 5.75 Å². The second-order valence-corrected chi connectivity index (χ2v) is 5.41. The first-order chi connectivity index (χ1) is 10.1. The fourth-order valence-electron chi connectivity index (χ4n) is 2.23. The topological polar surface area (TPSA) is 35.2 Å². The minimum absolute atomic E-state index is 0.0420. The Labute approximate surface area is 129 Å². The van der Waals surface area contributed by atoms with Crippen LogP contribution in [0.1, 0.15) is 23.5 Å². The van der Waals surface area contributed by atoms with Gasteiger partial charge in [0.25, 0.3) is 0 Å². The fraction of sp³-hybridized carbons (Fsp3) is 0.294. The van der Waals surface area contributed by atoms with Crippen LogP contribution in [0.15, 0.2) is 42.5 Å². The van der Waals surface area contributed by atoms with Crippen molar-refractivity contribution >= 4 is 11.6 Å². The Hall–Kier alpha value is -1.58. The highest BCUT2D eigenvalue weighted by Gasteiger charge is 2.14. The lowest BCUT2D eigenvalue weighted by Crippen LogP contribution is -2.16. The van der Waals surface area contributed by atoms with Crippen LogP contribution < -0.4 is 10.5 Å². The van der Waals surface area contributed by atoms with Crippen LogP contribution in [0.3, 0.4) is 0 Å². The Kier molecular flexibility index (Phi) is 5.59. The maximum atomic E-state index is 13.8. The Morgan fingerprint density at radius 2 is 2.00 bits per heavy atom. The van der Waals surface area contributed by atoms with Crippen molar-refractivity contribution in [2.75, 3.05) is 13.2 Å². The van der Waals surface area contributed by atoms with E-state index in [9.17, 15) is 4.39 Å². The summed E-state index contributed by atoms with van der Waals surface area (Å²) in [4.78, 5) is 0. The Balaban J connectivity index is 1.95. The zero-order chi connectivity index (χ0) is 15.2. The van der Waals surface area contributed by atoms with Gasteiger partial charge in [-0.1, -0.05) is 29.8 Å². The molecule has 0 saturated carbocycles. The van der Waals surface area contributed by atoms with Crippen molar-refractivity contribution in [3.63, 3.8) is 0 Å². The normalized spacial score (nSPS) is 12.2. The van der Waals surface area contributed by atoms with E-state index in [2.05, 4.69) is 0 Å². The Morgan fingerprint density at radius 1 is 1.24 bits per heavy atom. The number of hydrogen-bond donors (Lipinski definition) is 1. The molecule has 1 atom stereocenters. The van der Waals surface area contributed by atoms with Gasteiger partial charge in [-0.3, -0.25) is 0 Å². The van der Waals surface area contributed by atoms with E-state index in [0.717, 1.165) is 11.3 Å². The average Bonchev–Trinajstić information content (AvgIpc) is 2.48. The molecule has 0 radical (unpaired) electrons. The molecule has 2 N–H and O–H groups in total. The summed E-state index contributed by atoms with van der Waals surface area (Å²) in [7, 11) is 0. The third-order valence-electron chi connectivity index (χ3n) is 3.49. The van der Waals surface area contributed by atoms with Crippen LogP contribution in [0.25, 0.3) is 0 Å². The SMILES string of the molecule is Cc1cc(OCCC(CN)c2ccccc2F)ccc1Cl. The first kappa shape index (κ1) is 15.8. The van der Waals surface area contributed by atoms with Gasteiger partial charge >= 0.3 is 0 Å². The van der Waals surface area contributed by atoms with Crippen LogP contribution in [0.2, 0.25) is 5.02 Å². The first-order valence-electron chi connectivity index (χ1n) is 6.95. The van der Waals surface area contributed by atoms with E-state index in [1.165, 1.54) is 6.07 Å². The van der Waals surface area contributed by atoms with Gasteiger partial charge in [0.1, 0.15) is 11.6 Å².